The van der Waals surface area contributed by atoms with Crippen LogP contribution >= 0.6 is 34.5 Å². The van der Waals surface area contributed by atoms with Crippen LogP contribution in [0.15, 0.2) is 53.4 Å². The number of hydrogen-bond donors (Lipinski definition) is 2. The molecule has 5 rings (SSSR count). The summed E-state index contributed by atoms with van der Waals surface area (Å²) in [6.45, 7) is 3.75. The first-order chi connectivity index (χ1) is 17.2. The Morgan fingerprint density at radius 2 is 1.97 bits per heavy atom. The first-order valence-corrected chi connectivity index (χ1v) is 12.8. The van der Waals surface area contributed by atoms with Gasteiger partial charge in [0.05, 0.1) is 16.3 Å². The number of pyridine rings is 1. The van der Waals surface area contributed by atoms with Gasteiger partial charge in [-0.05, 0) is 68.0 Å². The number of anilines is 1. The lowest BCUT2D eigenvalue weighted by Crippen LogP contribution is -2.35. The highest BCUT2D eigenvalue weighted by atomic mass is 35.5. The molecule has 0 radical (unpaired) electrons. The summed E-state index contributed by atoms with van der Waals surface area (Å²) < 4.78 is 7.13. The van der Waals surface area contributed by atoms with Crippen LogP contribution in [0.5, 0.6) is 11.6 Å². The summed E-state index contributed by atoms with van der Waals surface area (Å²) in [5, 5.41) is 14.7. The molecular formula is C25H21Cl2N5O3S. The molecule has 36 heavy (non-hydrogen) atoms. The molecule has 184 valence electrons. The molecule has 2 amide bonds. The van der Waals surface area contributed by atoms with Gasteiger partial charge in [-0.15, -0.1) is 16.4 Å². The molecule has 0 bridgehead atoms. The zero-order valence-corrected chi connectivity index (χ0v) is 21.7. The highest BCUT2D eigenvalue weighted by Gasteiger charge is 2.39. The number of nitrogens with zero attached hydrogens (tertiary/aromatic N) is 3. The molecule has 1 aliphatic carbocycles. The van der Waals surface area contributed by atoms with Crippen LogP contribution in [-0.4, -0.2) is 32.1 Å². The fourth-order valence-electron chi connectivity index (χ4n) is 3.62. The van der Waals surface area contributed by atoms with Crippen molar-refractivity contribution in [1.29, 1.82) is 0 Å². The molecule has 0 unspecified atom stereocenters. The second-order valence-electron chi connectivity index (χ2n) is 8.76. The highest BCUT2D eigenvalue weighted by Crippen LogP contribution is 2.36. The monoisotopic (exact) mass is 541 g/mol. The van der Waals surface area contributed by atoms with Crippen LogP contribution in [-0.2, 0) is 0 Å². The van der Waals surface area contributed by atoms with E-state index in [0.717, 1.165) is 12.8 Å². The van der Waals surface area contributed by atoms with Crippen molar-refractivity contribution >= 4 is 52.0 Å². The first kappa shape index (κ1) is 24.3. The van der Waals surface area contributed by atoms with Crippen LogP contribution in [0.4, 0.5) is 5.69 Å². The summed E-state index contributed by atoms with van der Waals surface area (Å²) in [6, 6.07) is 9.85. The molecule has 3 heterocycles. The number of rotatable bonds is 7. The third-order valence-corrected chi connectivity index (χ3v) is 6.95. The maximum Gasteiger partial charge on any atom is 0.274 e. The number of thiophene rings is 1. The molecule has 0 spiro atoms. The zero-order chi connectivity index (χ0) is 25.4. The maximum atomic E-state index is 13.6. The van der Waals surface area contributed by atoms with Gasteiger partial charge in [0.25, 0.3) is 11.8 Å². The van der Waals surface area contributed by atoms with E-state index in [0.29, 0.717) is 27.0 Å². The average Bonchev–Trinajstić information content (AvgIpc) is 3.21. The molecule has 4 aromatic rings. The van der Waals surface area contributed by atoms with Crippen LogP contribution in [0.25, 0.3) is 5.82 Å². The smallest absolute Gasteiger partial charge is 0.274 e. The summed E-state index contributed by atoms with van der Waals surface area (Å²) in [7, 11) is 0. The second kappa shape index (κ2) is 9.57. The number of carbonyl (C=O) groups is 2. The molecule has 3 aromatic heterocycles. The van der Waals surface area contributed by atoms with E-state index in [1.54, 1.807) is 43.5 Å². The van der Waals surface area contributed by atoms with Gasteiger partial charge in [0.2, 0.25) is 5.88 Å². The average molecular weight is 542 g/mol. The Bertz CT molecular complexity index is 1460. The van der Waals surface area contributed by atoms with Crippen molar-refractivity contribution in [3.05, 3.63) is 80.2 Å². The van der Waals surface area contributed by atoms with E-state index in [1.807, 2.05) is 17.7 Å². The van der Waals surface area contributed by atoms with Gasteiger partial charge in [-0.25, -0.2) is 9.67 Å². The fourth-order valence-corrected chi connectivity index (χ4v) is 4.64. The predicted octanol–water partition coefficient (Wildman–Crippen LogP) is 6.27. The molecule has 1 saturated carbocycles. The SMILES string of the molecule is Cc1cc(Cl)cc(C(=O)NC2(C)CC2)c1NC(=O)c1cc(Oc2ccsc2)nn1-c1ncccc1Cl. The maximum absolute atomic E-state index is 13.6. The van der Waals surface area contributed by atoms with Crippen molar-refractivity contribution in [3.63, 3.8) is 0 Å². The standard InChI is InChI=1S/C25H21Cl2N5O3S/c1-14-10-15(26)11-17(23(33)30-25(2)6-7-25)21(14)29-24(34)19-12-20(35-16-5-9-36-13-16)31-32(19)22-18(27)4-3-8-28-22/h3-5,8-13H,6-7H2,1-2H3,(H,29,34)(H,30,33). The number of ether oxygens (including phenoxy) is 1. The Hall–Kier alpha value is -3.40. The van der Waals surface area contributed by atoms with Crippen LogP contribution in [0, 0.1) is 6.92 Å². The van der Waals surface area contributed by atoms with Crippen LogP contribution in [0.2, 0.25) is 10.0 Å². The van der Waals surface area contributed by atoms with Gasteiger partial charge in [-0.3, -0.25) is 9.59 Å². The Kier molecular flexibility index (Phi) is 6.46. The largest absolute Gasteiger partial charge is 0.437 e. The van der Waals surface area contributed by atoms with E-state index in [2.05, 4.69) is 20.7 Å². The summed E-state index contributed by atoms with van der Waals surface area (Å²) in [4.78, 5) is 30.9. The number of carbonyl (C=O) groups excluding carboxylic acids is 2. The number of aryl methyl sites for hydroxylation is 1. The molecule has 0 saturated heterocycles. The Morgan fingerprint density at radius 1 is 1.17 bits per heavy atom. The van der Waals surface area contributed by atoms with Crippen molar-refractivity contribution in [3.8, 4) is 17.4 Å². The van der Waals surface area contributed by atoms with Gasteiger partial charge in [0.15, 0.2) is 5.82 Å². The van der Waals surface area contributed by atoms with Crippen molar-refractivity contribution < 1.29 is 14.3 Å². The van der Waals surface area contributed by atoms with E-state index < -0.39 is 5.91 Å². The van der Waals surface area contributed by atoms with Gasteiger partial charge < -0.3 is 15.4 Å². The number of benzene rings is 1. The molecular weight excluding hydrogens is 521 g/mol. The molecule has 0 aliphatic heterocycles. The first-order valence-electron chi connectivity index (χ1n) is 11.1. The quantitative estimate of drug-likeness (QED) is 0.287. The highest BCUT2D eigenvalue weighted by molar-refractivity contribution is 7.08. The number of halogens is 2. The zero-order valence-electron chi connectivity index (χ0n) is 19.3. The van der Waals surface area contributed by atoms with Crippen LogP contribution < -0.4 is 15.4 Å². The molecule has 11 heteroatoms. The molecule has 2 N–H and O–H groups in total. The fraction of sp³-hybridized carbons (Fsp3) is 0.200. The number of aromatic nitrogens is 3. The molecule has 1 aromatic carbocycles. The molecule has 8 nitrogen and oxygen atoms in total. The van der Waals surface area contributed by atoms with E-state index in [1.165, 1.54) is 22.1 Å². The second-order valence-corrected chi connectivity index (χ2v) is 10.4. The van der Waals surface area contributed by atoms with Crippen LogP contribution in [0.3, 0.4) is 0 Å². The lowest BCUT2D eigenvalue weighted by atomic mass is 10.1. The lowest BCUT2D eigenvalue weighted by Gasteiger charge is -2.17. The van der Waals surface area contributed by atoms with Gasteiger partial charge in [0.1, 0.15) is 11.4 Å². The van der Waals surface area contributed by atoms with Gasteiger partial charge in [-0.1, -0.05) is 23.2 Å². The Morgan fingerprint density at radius 3 is 2.67 bits per heavy atom. The minimum Gasteiger partial charge on any atom is -0.437 e. The minimum absolute atomic E-state index is 0.121. The van der Waals surface area contributed by atoms with E-state index >= 15 is 0 Å². The normalized spacial score (nSPS) is 13.8. The topological polar surface area (TPSA) is 98.1 Å². The van der Waals surface area contributed by atoms with Gasteiger partial charge in [0, 0.05) is 28.2 Å². The molecule has 0 atom stereocenters. The Labute approximate surface area is 221 Å². The number of amides is 2. The van der Waals surface area contributed by atoms with E-state index in [9.17, 15) is 9.59 Å². The summed E-state index contributed by atoms with van der Waals surface area (Å²) in [5.41, 5.74) is 1.15. The van der Waals surface area contributed by atoms with E-state index in [4.69, 9.17) is 27.9 Å². The third kappa shape index (κ3) is 5.09. The van der Waals surface area contributed by atoms with Crippen molar-refractivity contribution in [2.45, 2.75) is 32.2 Å². The van der Waals surface area contributed by atoms with E-state index in [-0.39, 0.29) is 34.4 Å². The number of nitrogens with one attached hydrogen (secondary N) is 2. The van der Waals surface area contributed by atoms with Crippen LogP contribution in [0.1, 0.15) is 46.2 Å². The van der Waals surface area contributed by atoms with Gasteiger partial charge >= 0.3 is 0 Å². The lowest BCUT2D eigenvalue weighted by molar-refractivity contribution is 0.0936. The predicted molar refractivity (Wildman–Crippen MR) is 140 cm³/mol. The van der Waals surface area contributed by atoms with Crippen molar-refractivity contribution in [2.75, 3.05) is 5.32 Å². The minimum atomic E-state index is -0.526. The molecule has 1 aliphatic rings. The summed E-state index contributed by atoms with van der Waals surface area (Å²) >= 11 is 14.1. The Balaban J connectivity index is 1.52. The van der Waals surface area contributed by atoms with Gasteiger partial charge in [-0.2, -0.15) is 0 Å². The summed E-state index contributed by atoms with van der Waals surface area (Å²) in [5.74, 6) is 0.203. The molecule has 1 fully saturated rings. The van der Waals surface area contributed by atoms with Crippen molar-refractivity contribution in [2.24, 2.45) is 0 Å². The summed E-state index contributed by atoms with van der Waals surface area (Å²) in [6.07, 6.45) is 3.35. The van der Waals surface area contributed by atoms with Crippen molar-refractivity contribution in [1.82, 2.24) is 20.1 Å². The number of hydrogen-bond acceptors (Lipinski definition) is 6. The third-order valence-electron chi connectivity index (χ3n) is 5.78.